The molecule has 0 spiro atoms. The van der Waals surface area contributed by atoms with Crippen molar-refractivity contribution in [2.75, 3.05) is 0 Å². The van der Waals surface area contributed by atoms with Crippen molar-refractivity contribution >= 4 is 34.2 Å². The van der Waals surface area contributed by atoms with Crippen LogP contribution >= 0.6 is 0 Å². The molecule has 1 N–H and O–H groups in total. The molecule has 0 aliphatic carbocycles. The maximum Gasteiger partial charge on any atom is 0.153 e. The van der Waals surface area contributed by atoms with Crippen molar-refractivity contribution in [1.29, 1.82) is 0 Å². The molecule has 3 aromatic rings. The van der Waals surface area contributed by atoms with Crippen molar-refractivity contribution < 1.29 is 9.53 Å². The van der Waals surface area contributed by atoms with Crippen molar-refractivity contribution in [3.05, 3.63) is 47.0 Å². The summed E-state index contributed by atoms with van der Waals surface area (Å²) in [4.78, 5) is 15.2. The SMILES string of the molecule is CC1(C)C=Cc2c(c(C=O)cc3c2[nH]c2ccc(C(C)(C)C)cc23)O1. The number of fused-ring (bicyclic) bond motifs is 5. The van der Waals surface area contributed by atoms with Gasteiger partial charge in [-0.3, -0.25) is 4.79 Å². The molecular weight excluding hydrogens is 310 g/mol. The molecule has 3 heteroatoms. The molecule has 0 saturated heterocycles. The van der Waals surface area contributed by atoms with E-state index in [0.29, 0.717) is 11.3 Å². The van der Waals surface area contributed by atoms with Gasteiger partial charge < -0.3 is 9.72 Å². The minimum absolute atomic E-state index is 0.0759. The zero-order valence-electron chi connectivity index (χ0n) is 15.4. The highest BCUT2D eigenvalue weighted by molar-refractivity contribution is 6.12. The van der Waals surface area contributed by atoms with Crippen LogP contribution in [0.25, 0.3) is 27.9 Å². The maximum absolute atomic E-state index is 11.7. The number of benzene rings is 2. The van der Waals surface area contributed by atoms with E-state index in [4.69, 9.17) is 4.74 Å². The van der Waals surface area contributed by atoms with E-state index < -0.39 is 5.60 Å². The van der Waals surface area contributed by atoms with E-state index in [1.165, 1.54) is 5.56 Å². The average molecular weight is 333 g/mol. The summed E-state index contributed by atoms with van der Waals surface area (Å²) in [5, 5.41) is 2.21. The van der Waals surface area contributed by atoms with Crippen LogP contribution in [0.3, 0.4) is 0 Å². The second-order valence-electron chi connectivity index (χ2n) is 8.42. The van der Waals surface area contributed by atoms with Crippen LogP contribution in [-0.2, 0) is 5.41 Å². The quantitative estimate of drug-likeness (QED) is 0.588. The fourth-order valence-electron chi connectivity index (χ4n) is 3.47. The number of hydrogen-bond donors (Lipinski definition) is 1. The van der Waals surface area contributed by atoms with E-state index in [1.54, 1.807) is 0 Å². The number of aromatic nitrogens is 1. The van der Waals surface area contributed by atoms with Crippen molar-refractivity contribution in [3.8, 4) is 5.75 Å². The van der Waals surface area contributed by atoms with Gasteiger partial charge in [-0.05, 0) is 55.2 Å². The predicted octanol–water partition coefficient (Wildman–Crippen LogP) is 5.62. The molecule has 1 aliphatic rings. The third-order valence-electron chi connectivity index (χ3n) is 4.92. The van der Waals surface area contributed by atoms with Gasteiger partial charge in [0, 0.05) is 21.9 Å². The lowest BCUT2D eigenvalue weighted by Gasteiger charge is -2.29. The monoisotopic (exact) mass is 333 g/mol. The van der Waals surface area contributed by atoms with E-state index >= 15 is 0 Å². The number of carbonyl (C=O) groups excluding carboxylic acids is 1. The molecular formula is C22H23NO2. The van der Waals surface area contributed by atoms with Crippen LogP contribution in [-0.4, -0.2) is 16.9 Å². The normalized spacial score (nSPS) is 16.0. The average Bonchev–Trinajstić information content (AvgIpc) is 2.89. The Hall–Kier alpha value is -2.55. The second-order valence-corrected chi connectivity index (χ2v) is 8.42. The molecule has 3 nitrogen and oxygen atoms in total. The van der Waals surface area contributed by atoms with Crippen LogP contribution in [0.4, 0.5) is 0 Å². The van der Waals surface area contributed by atoms with Gasteiger partial charge in [-0.15, -0.1) is 0 Å². The molecule has 0 amide bonds. The van der Waals surface area contributed by atoms with E-state index in [2.05, 4.69) is 50.0 Å². The molecule has 0 radical (unpaired) electrons. The summed E-state index contributed by atoms with van der Waals surface area (Å²) in [6, 6.07) is 8.47. The Bertz CT molecular complexity index is 1050. The zero-order chi connectivity index (χ0) is 18.0. The van der Waals surface area contributed by atoms with Gasteiger partial charge >= 0.3 is 0 Å². The molecule has 2 aromatic carbocycles. The van der Waals surface area contributed by atoms with E-state index in [9.17, 15) is 4.79 Å². The summed E-state index contributed by atoms with van der Waals surface area (Å²) in [6.07, 6.45) is 4.99. The van der Waals surface area contributed by atoms with Gasteiger partial charge in [-0.25, -0.2) is 0 Å². The Morgan fingerprint density at radius 3 is 2.56 bits per heavy atom. The van der Waals surface area contributed by atoms with Crippen LogP contribution < -0.4 is 4.74 Å². The molecule has 1 aliphatic heterocycles. The third kappa shape index (κ3) is 2.46. The van der Waals surface area contributed by atoms with Gasteiger partial charge in [-0.1, -0.05) is 26.8 Å². The smallest absolute Gasteiger partial charge is 0.153 e. The summed E-state index contributed by atoms with van der Waals surface area (Å²) in [5.74, 6) is 0.664. The Balaban J connectivity index is 2.08. The molecule has 128 valence electrons. The highest BCUT2D eigenvalue weighted by atomic mass is 16.5. The lowest BCUT2D eigenvalue weighted by atomic mass is 9.86. The number of ether oxygens (including phenoxy) is 1. The first kappa shape index (κ1) is 15.9. The zero-order valence-corrected chi connectivity index (χ0v) is 15.4. The first-order valence-corrected chi connectivity index (χ1v) is 8.66. The number of aromatic amines is 1. The molecule has 0 saturated carbocycles. The Labute approximate surface area is 147 Å². The number of aldehydes is 1. The van der Waals surface area contributed by atoms with Crippen LogP contribution in [0.1, 0.15) is 56.1 Å². The highest BCUT2D eigenvalue weighted by Crippen LogP contribution is 2.41. The predicted molar refractivity (Wildman–Crippen MR) is 104 cm³/mol. The number of hydrogen-bond acceptors (Lipinski definition) is 2. The molecule has 2 heterocycles. The van der Waals surface area contributed by atoms with E-state index in [-0.39, 0.29) is 5.41 Å². The highest BCUT2D eigenvalue weighted by Gasteiger charge is 2.27. The summed E-state index contributed by atoms with van der Waals surface area (Å²) in [6.45, 7) is 10.6. The third-order valence-corrected chi connectivity index (χ3v) is 4.92. The Morgan fingerprint density at radius 2 is 1.88 bits per heavy atom. The largest absolute Gasteiger partial charge is 0.482 e. The lowest BCUT2D eigenvalue weighted by molar-refractivity contribution is 0.110. The lowest BCUT2D eigenvalue weighted by Crippen LogP contribution is -2.28. The van der Waals surface area contributed by atoms with Crippen molar-refractivity contribution in [2.24, 2.45) is 0 Å². The number of H-pyrrole nitrogens is 1. The Kier molecular flexibility index (Phi) is 3.18. The van der Waals surface area contributed by atoms with Gasteiger partial charge in [0.05, 0.1) is 11.1 Å². The molecule has 0 bridgehead atoms. The van der Waals surface area contributed by atoms with Gasteiger partial charge in [0.25, 0.3) is 0 Å². The van der Waals surface area contributed by atoms with Crippen LogP contribution in [0, 0.1) is 0 Å². The number of nitrogens with one attached hydrogen (secondary N) is 1. The molecule has 25 heavy (non-hydrogen) atoms. The van der Waals surface area contributed by atoms with Crippen LogP contribution in [0.5, 0.6) is 5.75 Å². The summed E-state index contributed by atoms with van der Waals surface area (Å²) >= 11 is 0. The molecule has 1 aromatic heterocycles. The first-order chi connectivity index (χ1) is 11.7. The fourth-order valence-corrected chi connectivity index (χ4v) is 3.47. The topological polar surface area (TPSA) is 42.1 Å². The van der Waals surface area contributed by atoms with Gasteiger partial charge in [0.15, 0.2) is 6.29 Å². The van der Waals surface area contributed by atoms with Gasteiger partial charge in [0.1, 0.15) is 11.4 Å². The molecule has 0 fully saturated rings. The summed E-state index contributed by atoms with van der Waals surface area (Å²) in [7, 11) is 0. The first-order valence-electron chi connectivity index (χ1n) is 8.66. The van der Waals surface area contributed by atoms with E-state index in [1.807, 2.05) is 26.0 Å². The minimum Gasteiger partial charge on any atom is -0.482 e. The molecule has 0 atom stereocenters. The maximum atomic E-state index is 11.7. The van der Waals surface area contributed by atoms with Crippen LogP contribution in [0.15, 0.2) is 30.3 Å². The standard InChI is InChI=1S/C22H23NO2/c1-21(2,3)14-6-7-18-16(11-14)17-10-13(12-24)20-15(19(17)23-18)8-9-22(4,5)25-20/h6-12,23H,1-5H3. The summed E-state index contributed by atoms with van der Waals surface area (Å²) < 4.78 is 6.09. The van der Waals surface area contributed by atoms with E-state index in [0.717, 1.165) is 33.7 Å². The fraction of sp³-hybridized carbons (Fsp3) is 0.318. The number of rotatable bonds is 1. The second kappa shape index (κ2) is 4.98. The van der Waals surface area contributed by atoms with Crippen LogP contribution in [0.2, 0.25) is 0 Å². The minimum atomic E-state index is -0.413. The molecule has 0 unspecified atom stereocenters. The summed E-state index contributed by atoms with van der Waals surface area (Å²) in [5.41, 5.74) is 4.59. The van der Waals surface area contributed by atoms with Gasteiger partial charge in [-0.2, -0.15) is 0 Å². The molecule has 4 rings (SSSR count). The number of carbonyl (C=O) groups is 1. The van der Waals surface area contributed by atoms with Gasteiger partial charge in [0.2, 0.25) is 0 Å². The Morgan fingerprint density at radius 1 is 1.12 bits per heavy atom. The van der Waals surface area contributed by atoms with Crippen molar-refractivity contribution in [1.82, 2.24) is 4.98 Å². The van der Waals surface area contributed by atoms with Crippen molar-refractivity contribution in [3.63, 3.8) is 0 Å². The van der Waals surface area contributed by atoms with Crippen molar-refractivity contribution in [2.45, 2.75) is 45.6 Å².